The van der Waals surface area contributed by atoms with Gasteiger partial charge in [0, 0.05) is 11.3 Å². The monoisotopic (exact) mass is 190 g/mol. The molecule has 1 atom stereocenters. The van der Waals surface area contributed by atoms with Crippen LogP contribution in [-0.2, 0) is 12.8 Å². The van der Waals surface area contributed by atoms with Gasteiger partial charge < -0.3 is 5.73 Å². The van der Waals surface area contributed by atoms with E-state index in [9.17, 15) is 4.79 Å². The predicted octanol–water partition coefficient (Wildman–Crippen LogP) is 1.10. The van der Waals surface area contributed by atoms with Gasteiger partial charge in [-0.3, -0.25) is 9.78 Å². The van der Waals surface area contributed by atoms with E-state index < -0.39 is 0 Å². The molecule has 2 rings (SSSR count). The van der Waals surface area contributed by atoms with Crippen LogP contribution >= 0.6 is 0 Å². The Bertz CT molecular complexity index is 374. The van der Waals surface area contributed by atoms with Crippen molar-refractivity contribution in [2.45, 2.75) is 32.2 Å². The number of Topliss-reactive ketones (excluding diaryl/α,β-unsaturated/α-hetero) is 1. The molecule has 74 valence electrons. The zero-order valence-electron chi connectivity index (χ0n) is 8.29. The summed E-state index contributed by atoms with van der Waals surface area (Å²) >= 11 is 0. The molecule has 0 amide bonds. The number of aromatic nitrogens is 1. The van der Waals surface area contributed by atoms with Crippen LogP contribution in [0.5, 0.6) is 0 Å². The highest BCUT2D eigenvalue weighted by atomic mass is 16.1. The van der Waals surface area contributed by atoms with E-state index in [4.69, 9.17) is 5.73 Å². The smallest absolute Gasteiger partial charge is 0.181 e. The molecule has 0 saturated carbocycles. The van der Waals surface area contributed by atoms with E-state index in [1.165, 1.54) is 0 Å². The Kier molecular flexibility index (Phi) is 2.33. The number of rotatable bonds is 1. The maximum absolute atomic E-state index is 11.7. The maximum Gasteiger partial charge on any atom is 0.181 e. The number of hydrogen-bond acceptors (Lipinski definition) is 3. The average Bonchev–Trinajstić information content (AvgIpc) is 2.23. The summed E-state index contributed by atoms with van der Waals surface area (Å²) in [5, 5.41) is 0. The Morgan fingerprint density at radius 1 is 1.57 bits per heavy atom. The van der Waals surface area contributed by atoms with Gasteiger partial charge in [0.05, 0.1) is 11.7 Å². The molecule has 3 nitrogen and oxygen atoms in total. The molecule has 14 heavy (non-hydrogen) atoms. The lowest BCUT2D eigenvalue weighted by atomic mass is 9.91. The quantitative estimate of drug-likeness (QED) is 0.721. The van der Waals surface area contributed by atoms with Gasteiger partial charge in [0.25, 0.3) is 0 Å². The minimum atomic E-state index is -0.322. The van der Waals surface area contributed by atoms with Gasteiger partial charge in [-0.2, -0.15) is 0 Å². The first kappa shape index (κ1) is 9.34. The standard InChI is InChI=1S/C11H14N2O/c1-2-7-3-4-8-10(13-7)6-5-9(12)11(8)14/h3-4,9H,2,5-6,12H2,1H3. The van der Waals surface area contributed by atoms with Gasteiger partial charge in [-0.15, -0.1) is 0 Å². The molecule has 1 heterocycles. The first-order valence-corrected chi connectivity index (χ1v) is 5.01. The van der Waals surface area contributed by atoms with E-state index in [1.807, 2.05) is 12.1 Å². The van der Waals surface area contributed by atoms with Crippen LogP contribution in [0.1, 0.15) is 35.1 Å². The van der Waals surface area contributed by atoms with Crippen LogP contribution < -0.4 is 5.73 Å². The summed E-state index contributed by atoms with van der Waals surface area (Å²) in [6, 6.07) is 3.45. The largest absolute Gasteiger partial charge is 0.321 e. The van der Waals surface area contributed by atoms with Crippen molar-refractivity contribution in [3.8, 4) is 0 Å². The molecule has 0 radical (unpaired) electrons. The lowest BCUT2D eigenvalue weighted by Gasteiger charge is -2.19. The second kappa shape index (κ2) is 3.50. The fraction of sp³-hybridized carbons (Fsp3) is 0.455. The van der Waals surface area contributed by atoms with Gasteiger partial charge in [0.15, 0.2) is 5.78 Å². The summed E-state index contributed by atoms with van der Waals surface area (Å²) in [5.41, 5.74) is 8.38. The van der Waals surface area contributed by atoms with Crippen LogP contribution in [0.15, 0.2) is 12.1 Å². The Balaban J connectivity index is 2.44. The Hall–Kier alpha value is -1.22. The predicted molar refractivity (Wildman–Crippen MR) is 54.2 cm³/mol. The van der Waals surface area contributed by atoms with Crippen LogP contribution in [0.25, 0.3) is 0 Å². The molecule has 0 saturated heterocycles. The zero-order valence-corrected chi connectivity index (χ0v) is 8.29. The van der Waals surface area contributed by atoms with Crippen molar-refractivity contribution in [1.29, 1.82) is 0 Å². The van der Waals surface area contributed by atoms with Crippen molar-refractivity contribution in [1.82, 2.24) is 4.98 Å². The third-order valence-corrected chi connectivity index (χ3v) is 2.69. The van der Waals surface area contributed by atoms with Crippen molar-refractivity contribution in [2.75, 3.05) is 0 Å². The Morgan fingerprint density at radius 2 is 2.36 bits per heavy atom. The first-order valence-electron chi connectivity index (χ1n) is 5.01. The molecule has 2 N–H and O–H groups in total. The molecule has 1 aliphatic rings. The van der Waals surface area contributed by atoms with Gasteiger partial charge in [-0.1, -0.05) is 6.92 Å². The van der Waals surface area contributed by atoms with Crippen molar-refractivity contribution in [3.05, 3.63) is 29.1 Å². The molecule has 0 aliphatic heterocycles. The Morgan fingerprint density at radius 3 is 3.07 bits per heavy atom. The highest BCUT2D eigenvalue weighted by Gasteiger charge is 2.24. The van der Waals surface area contributed by atoms with E-state index in [0.29, 0.717) is 0 Å². The minimum Gasteiger partial charge on any atom is -0.321 e. The summed E-state index contributed by atoms with van der Waals surface area (Å²) in [6.07, 6.45) is 2.47. The van der Waals surface area contributed by atoms with Gasteiger partial charge in [-0.05, 0) is 31.4 Å². The van der Waals surface area contributed by atoms with Crippen molar-refractivity contribution >= 4 is 5.78 Å². The summed E-state index contributed by atoms with van der Waals surface area (Å²) in [7, 11) is 0. The zero-order chi connectivity index (χ0) is 10.1. The first-order chi connectivity index (χ1) is 6.72. The fourth-order valence-electron chi connectivity index (χ4n) is 1.78. The molecule has 1 unspecified atom stereocenters. The SMILES string of the molecule is CCc1ccc2c(n1)CCC(N)C2=O. The molecule has 1 aliphatic carbocycles. The van der Waals surface area contributed by atoms with E-state index in [2.05, 4.69) is 11.9 Å². The summed E-state index contributed by atoms with van der Waals surface area (Å²) in [4.78, 5) is 16.1. The van der Waals surface area contributed by atoms with Gasteiger partial charge in [0.1, 0.15) is 0 Å². The highest BCUT2D eigenvalue weighted by molar-refractivity contribution is 6.01. The Labute approximate surface area is 83.3 Å². The number of nitrogens with two attached hydrogens (primary N) is 1. The van der Waals surface area contributed by atoms with Crippen molar-refractivity contribution in [2.24, 2.45) is 5.73 Å². The van der Waals surface area contributed by atoms with E-state index in [0.717, 1.165) is 36.2 Å². The average molecular weight is 190 g/mol. The second-order valence-electron chi connectivity index (χ2n) is 3.66. The van der Waals surface area contributed by atoms with Crippen LogP contribution in [0, 0.1) is 0 Å². The van der Waals surface area contributed by atoms with Crippen molar-refractivity contribution in [3.63, 3.8) is 0 Å². The fourth-order valence-corrected chi connectivity index (χ4v) is 1.78. The van der Waals surface area contributed by atoms with E-state index >= 15 is 0 Å². The van der Waals surface area contributed by atoms with Crippen molar-refractivity contribution < 1.29 is 4.79 Å². The summed E-state index contributed by atoms with van der Waals surface area (Å²) in [5.74, 6) is 0.0430. The number of aryl methyl sites for hydroxylation is 2. The molecule has 0 aromatic carbocycles. The van der Waals surface area contributed by atoms with Crippen LogP contribution in [-0.4, -0.2) is 16.8 Å². The molecule has 3 heteroatoms. The number of fused-ring (bicyclic) bond motifs is 1. The number of carbonyl (C=O) groups excluding carboxylic acids is 1. The van der Waals surface area contributed by atoms with Crippen LogP contribution in [0.2, 0.25) is 0 Å². The van der Waals surface area contributed by atoms with Crippen LogP contribution in [0.3, 0.4) is 0 Å². The van der Waals surface area contributed by atoms with Gasteiger partial charge >= 0.3 is 0 Å². The number of carbonyl (C=O) groups is 1. The van der Waals surface area contributed by atoms with Crippen LogP contribution in [0.4, 0.5) is 0 Å². The molecule has 0 spiro atoms. The van der Waals surface area contributed by atoms with E-state index in [-0.39, 0.29) is 11.8 Å². The molecule has 0 bridgehead atoms. The normalized spacial score (nSPS) is 20.7. The lowest BCUT2D eigenvalue weighted by molar-refractivity contribution is 0.0947. The summed E-state index contributed by atoms with van der Waals surface area (Å²) in [6.45, 7) is 2.06. The van der Waals surface area contributed by atoms with Gasteiger partial charge in [0.2, 0.25) is 0 Å². The number of hydrogen-bond donors (Lipinski definition) is 1. The van der Waals surface area contributed by atoms with E-state index in [1.54, 1.807) is 0 Å². The highest BCUT2D eigenvalue weighted by Crippen LogP contribution is 2.19. The number of nitrogens with zero attached hydrogens (tertiary/aromatic N) is 1. The number of ketones is 1. The van der Waals surface area contributed by atoms with Gasteiger partial charge in [-0.25, -0.2) is 0 Å². The maximum atomic E-state index is 11.7. The molecule has 1 aromatic heterocycles. The summed E-state index contributed by atoms with van der Waals surface area (Å²) < 4.78 is 0. The third-order valence-electron chi connectivity index (χ3n) is 2.69. The third kappa shape index (κ3) is 1.44. The molecular formula is C11H14N2O. The molecule has 0 fully saturated rings. The number of pyridine rings is 1. The lowest BCUT2D eigenvalue weighted by Crippen LogP contribution is -2.35. The topological polar surface area (TPSA) is 56.0 Å². The molecular weight excluding hydrogens is 176 g/mol. The second-order valence-corrected chi connectivity index (χ2v) is 3.66. The molecule has 1 aromatic rings. The minimum absolute atomic E-state index is 0.0430.